The van der Waals surface area contributed by atoms with E-state index in [4.69, 9.17) is 14.0 Å². The largest absolute Gasteiger partial charge is 0.389 e. The zero-order chi connectivity index (χ0) is 15.2. The van der Waals surface area contributed by atoms with Crippen molar-refractivity contribution in [1.29, 1.82) is 0 Å². The van der Waals surface area contributed by atoms with Gasteiger partial charge in [0.05, 0.1) is 31.1 Å². The second-order valence-electron chi connectivity index (χ2n) is 5.83. The van der Waals surface area contributed by atoms with Crippen molar-refractivity contribution >= 4 is 0 Å². The minimum Gasteiger partial charge on any atom is -0.389 e. The maximum absolute atomic E-state index is 10.0. The van der Waals surface area contributed by atoms with E-state index in [1.807, 2.05) is 25.8 Å². The van der Waals surface area contributed by atoms with Crippen LogP contribution in [0.25, 0.3) is 0 Å². The Morgan fingerprint density at radius 3 is 2.90 bits per heavy atom. The molecule has 2 heterocycles. The second-order valence-corrected chi connectivity index (χ2v) is 5.83. The summed E-state index contributed by atoms with van der Waals surface area (Å²) in [5.41, 5.74) is 1.99. The number of nitrogens with zero attached hydrogens (tertiary/aromatic N) is 2. The smallest absolute Gasteiger partial charge is 0.138 e. The zero-order valence-electron chi connectivity index (χ0n) is 13.2. The standard InChI is InChI=1S/C15H26N2O4/c1-11-15(12(2)21-16-11)8-17(3)7-13(18)9-19-10-14-5-4-6-20-14/h13-14,18H,4-10H2,1-3H3. The Hall–Kier alpha value is -0.950. The lowest BCUT2D eigenvalue weighted by Crippen LogP contribution is -2.33. The van der Waals surface area contributed by atoms with E-state index in [1.54, 1.807) is 0 Å². The zero-order valence-corrected chi connectivity index (χ0v) is 13.2. The van der Waals surface area contributed by atoms with Gasteiger partial charge in [0.15, 0.2) is 0 Å². The van der Waals surface area contributed by atoms with Gasteiger partial charge < -0.3 is 19.1 Å². The maximum Gasteiger partial charge on any atom is 0.138 e. The molecule has 120 valence electrons. The van der Waals surface area contributed by atoms with Crippen molar-refractivity contribution in [2.24, 2.45) is 0 Å². The molecular weight excluding hydrogens is 272 g/mol. The molecule has 2 rings (SSSR count). The molecule has 1 aromatic rings. The Morgan fingerprint density at radius 2 is 2.29 bits per heavy atom. The summed E-state index contributed by atoms with van der Waals surface area (Å²) < 4.78 is 16.2. The Balaban J connectivity index is 1.65. The van der Waals surface area contributed by atoms with Crippen molar-refractivity contribution in [2.45, 2.75) is 45.4 Å². The van der Waals surface area contributed by atoms with Crippen molar-refractivity contribution in [3.63, 3.8) is 0 Å². The molecule has 1 fully saturated rings. The van der Waals surface area contributed by atoms with Gasteiger partial charge in [-0.25, -0.2) is 0 Å². The highest BCUT2D eigenvalue weighted by Crippen LogP contribution is 2.14. The molecule has 0 radical (unpaired) electrons. The molecule has 1 saturated heterocycles. The minimum absolute atomic E-state index is 0.206. The van der Waals surface area contributed by atoms with Crippen LogP contribution in [0.5, 0.6) is 0 Å². The minimum atomic E-state index is -0.503. The molecular formula is C15H26N2O4. The fourth-order valence-electron chi connectivity index (χ4n) is 2.59. The molecule has 1 aliphatic rings. The van der Waals surface area contributed by atoms with Gasteiger partial charge in [0.25, 0.3) is 0 Å². The van der Waals surface area contributed by atoms with Gasteiger partial charge in [0.1, 0.15) is 5.76 Å². The van der Waals surface area contributed by atoms with Gasteiger partial charge in [-0.05, 0) is 33.7 Å². The molecule has 0 bridgehead atoms. The average molecular weight is 298 g/mol. The highest BCUT2D eigenvalue weighted by Gasteiger charge is 2.17. The molecule has 1 aliphatic heterocycles. The van der Waals surface area contributed by atoms with E-state index in [2.05, 4.69) is 5.16 Å². The summed E-state index contributed by atoms with van der Waals surface area (Å²) >= 11 is 0. The lowest BCUT2D eigenvalue weighted by atomic mass is 10.2. The van der Waals surface area contributed by atoms with Crippen LogP contribution >= 0.6 is 0 Å². The molecule has 0 amide bonds. The first-order valence-electron chi connectivity index (χ1n) is 7.54. The van der Waals surface area contributed by atoms with Crippen LogP contribution < -0.4 is 0 Å². The van der Waals surface area contributed by atoms with Crippen LogP contribution in [0, 0.1) is 13.8 Å². The van der Waals surface area contributed by atoms with Crippen LogP contribution in [0.3, 0.4) is 0 Å². The van der Waals surface area contributed by atoms with Crippen molar-refractivity contribution in [3.05, 3.63) is 17.0 Å². The molecule has 1 N–H and O–H groups in total. The monoisotopic (exact) mass is 298 g/mol. The fourth-order valence-corrected chi connectivity index (χ4v) is 2.59. The van der Waals surface area contributed by atoms with Gasteiger partial charge in [-0.2, -0.15) is 0 Å². The SMILES string of the molecule is Cc1noc(C)c1CN(C)CC(O)COCC1CCCO1. The Morgan fingerprint density at radius 1 is 1.48 bits per heavy atom. The molecule has 0 spiro atoms. The van der Waals surface area contributed by atoms with Crippen LogP contribution in [0.2, 0.25) is 0 Å². The number of likely N-dealkylation sites (N-methyl/N-ethyl adjacent to an activating group) is 1. The number of ether oxygens (including phenoxy) is 2. The van der Waals surface area contributed by atoms with E-state index in [0.717, 1.165) is 36.5 Å². The first-order chi connectivity index (χ1) is 10.1. The van der Waals surface area contributed by atoms with Crippen LogP contribution in [0.15, 0.2) is 4.52 Å². The molecule has 6 heteroatoms. The molecule has 21 heavy (non-hydrogen) atoms. The third kappa shape index (κ3) is 5.07. The summed E-state index contributed by atoms with van der Waals surface area (Å²) in [6, 6.07) is 0. The summed E-state index contributed by atoms with van der Waals surface area (Å²) in [6.45, 7) is 6.85. The van der Waals surface area contributed by atoms with Crippen LogP contribution in [-0.4, -0.2) is 60.8 Å². The van der Waals surface area contributed by atoms with Gasteiger partial charge >= 0.3 is 0 Å². The van der Waals surface area contributed by atoms with E-state index >= 15 is 0 Å². The Kier molecular flexibility index (Phi) is 6.17. The summed E-state index contributed by atoms with van der Waals surface area (Å²) in [5.74, 6) is 0.837. The van der Waals surface area contributed by atoms with Crippen molar-refractivity contribution in [1.82, 2.24) is 10.1 Å². The number of hydrogen-bond donors (Lipinski definition) is 1. The van der Waals surface area contributed by atoms with Gasteiger partial charge in [0, 0.05) is 25.3 Å². The first-order valence-corrected chi connectivity index (χ1v) is 7.54. The highest BCUT2D eigenvalue weighted by molar-refractivity contribution is 5.20. The van der Waals surface area contributed by atoms with Crippen molar-refractivity contribution in [2.75, 3.05) is 33.4 Å². The topological polar surface area (TPSA) is 68.0 Å². The number of aryl methyl sites for hydroxylation is 2. The predicted octanol–water partition coefficient (Wildman–Crippen LogP) is 1.28. The average Bonchev–Trinajstić information content (AvgIpc) is 3.04. The third-order valence-corrected chi connectivity index (χ3v) is 3.77. The number of hydrogen-bond acceptors (Lipinski definition) is 6. The van der Waals surface area contributed by atoms with Gasteiger partial charge in [0.2, 0.25) is 0 Å². The van der Waals surface area contributed by atoms with E-state index < -0.39 is 6.10 Å². The maximum atomic E-state index is 10.0. The second kappa shape index (κ2) is 7.89. The predicted molar refractivity (Wildman–Crippen MR) is 78.1 cm³/mol. The number of aliphatic hydroxyl groups excluding tert-OH is 1. The molecule has 0 saturated carbocycles. The Labute approximate surface area is 126 Å². The number of rotatable bonds is 8. The van der Waals surface area contributed by atoms with Crippen molar-refractivity contribution in [3.8, 4) is 0 Å². The third-order valence-electron chi connectivity index (χ3n) is 3.77. The molecule has 2 unspecified atom stereocenters. The molecule has 6 nitrogen and oxygen atoms in total. The van der Waals surface area contributed by atoms with E-state index in [-0.39, 0.29) is 6.10 Å². The molecule has 0 aliphatic carbocycles. The van der Waals surface area contributed by atoms with Gasteiger partial charge in [-0.1, -0.05) is 5.16 Å². The molecule has 0 aromatic carbocycles. The van der Waals surface area contributed by atoms with Crippen molar-refractivity contribution < 1.29 is 19.1 Å². The Bertz CT molecular complexity index is 410. The lowest BCUT2D eigenvalue weighted by Gasteiger charge is -2.21. The summed E-state index contributed by atoms with van der Waals surface area (Å²) in [5, 5.41) is 14.0. The van der Waals surface area contributed by atoms with Gasteiger partial charge in [-0.3, -0.25) is 4.90 Å². The number of aromatic nitrogens is 1. The summed E-state index contributed by atoms with van der Waals surface area (Å²) in [6.07, 6.45) is 1.87. The highest BCUT2D eigenvalue weighted by atomic mass is 16.5. The quantitative estimate of drug-likeness (QED) is 0.780. The molecule has 1 aromatic heterocycles. The van der Waals surface area contributed by atoms with E-state index in [1.165, 1.54) is 0 Å². The van der Waals surface area contributed by atoms with Gasteiger partial charge in [-0.15, -0.1) is 0 Å². The van der Waals surface area contributed by atoms with E-state index in [9.17, 15) is 5.11 Å². The summed E-state index contributed by atoms with van der Waals surface area (Å²) in [4.78, 5) is 2.05. The van der Waals surface area contributed by atoms with Crippen LogP contribution in [0.4, 0.5) is 0 Å². The molecule has 2 atom stereocenters. The fraction of sp³-hybridized carbons (Fsp3) is 0.800. The first kappa shape index (κ1) is 16.4. The van der Waals surface area contributed by atoms with E-state index in [0.29, 0.717) is 26.3 Å². The van der Waals surface area contributed by atoms with Crippen LogP contribution in [-0.2, 0) is 16.0 Å². The van der Waals surface area contributed by atoms with Crippen LogP contribution in [0.1, 0.15) is 29.9 Å². The normalized spacial score (nSPS) is 20.3. The lowest BCUT2D eigenvalue weighted by molar-refractivity contribution is -0.0239. The summed E-state index contributed by atoms with van der Waals surface area (Å²) in [7, 11) is 1.97. The number of aliphatic hydroxyl groups is 1.